The molecule has 2 rings (SSSR count). The third-order valence-electron chi connectivity index (χ3n) is 3.60. The van der Waals surface area contributed by atoms with Crippen LogP contribution in [0.3, 0.4) is 0 Å². The van der Waals surface area contributed by atoms with E-state index in [1.165, 1.54) is 5.56 Å². The van der Waals surface area contributed by atoms with Crippen LogP contribution in [0.4, 0.5) is 0 Å². The Hall–Kier alpha value is -1.04. The third-order valence-corrected chi connectivity index (χ3v) is 4.61. The van der Waals surface area contributed by atoms with Gasteiger partial charge in [0.25, 0.3) is 0 Å². The van der Waals surface area contributed by atoms with Gasteiger partial charge in [0.15, 0.2) is 0 Å². The van der Waals surface area contributed by atoms with E-state index in [2.05, 4.69) is 34.5 Å². The summed E-state index contributed by atoms with van der Waals surface area (Å²) in [7, 11) is 2.03. The molecule has 1 fully saturated rings. The van der Waals surface area contributed by atoms with E-state index in [1.807, 2.05) is 29.8 Å². The van der Waals surface area contributed by atoms with Gasteiger partial charge in [-0.2, -0.15) is 11.8 Å². The van der Waals surface area contributed by atoms with Gasteiger partial charge in [0.05, 0.1) is 6.54 Å². The Morgan fingerprint density at radius 2 is 2.00 bits per heavy atom. The van der Waals surface area contributed by atoms with Crippen molar-refractivity contribution in [1.82, 2.24) is 15.1 Å². The summed E-state index contributed by atoms with van der Waals surface area (Å²) < 4.78 is 0. The highest BCUT2D eigenvalue weighted by atomic mass is 32.2. The number of likely N-dealkylation sites (N-methyl/N-ethyl adjacent to an activating group) is 1. The number of nitrogens with one attached hydrogen (secondary N) is 1. The maximum Gasteiger partial charge on any atom is 0.236 e. The molecule has 0 atom stereocenters. The van der Waals surface area contributed by atoms with E-state index in [1.54, 1.807) is 0 Å². The summed E-state index contributed by atoms with van der Waals surface area (Å²) in [6.07, 6.45) is 0. The first kappa shape index (κ1) is 16.3. The van der Waals surface area contributed by atoms with Gasteiger partial charge in [-0.15, -0.1) is 0 Å². The summed E-state index contributed by atoms with van der Waals surface area (Å²) in [5.74, 6) is 2.35. The lowest BCUT2D eigenvalue weighted by molar-refractivity contribution is -0.132. The van der Waals surface area contributed by atoms with Crippen molar-refractivity contribution in [2.45, 2.75) is 5.75 Å². The molecule has 1 heterocycles. The summed E-state index contributed by atoms with van der Waals surface area (Å²) in [6, 6.07) is 10.5. The first-order chi connectivity index (χ1) is 10.3. The maximum atomic E-state index is 12.1. The zero-order chi connectivity index (χ0) is 14.9. The van der Waals surface area contributed by atoms with E-state index < -0.39 is 0 Å². The monoisotopic (exact) mass is 307 g/mol. The number of hydrogen-bond acceptors (Lipinski definition) is 4. The zero-order valence-electron chi connectivity index (χ0n) is 12.8. The lowest BCUT2D eigenvalue weighted by atomic mass is 10.2. The second kappa shape index (κ2) is 9.07. The summed E-state index contributed by atoms with van der Waals surface area (Å²) >= 11 is 1.92. The molecule has 1 aliphatic rings. The SMILES string of the molecule is CN(CCSCc1ccccc1)CC(=O)N1CCNCC1. The molecule has 1 N–H and O–H groups in total. The van der Waals surface area contributed by atoms with Gasteiger partial charge < -0.3 is 10.2 Å². The maximum absolute atomic E-state index is 12.1. The van der Waals surface area contributed by atoms with E-state index in [9.17, 15) is 4.79 Å². The van der Waals surface area contributed by atoms with E-state index in [-0.39, 0.29) is 5.91 Å². The first-order valence-electron chi connectivity index (χ1n) is 7.54. The molecule has 116 valence electrons. The molecule has 1 aliphatic heterocycles. The number of carbonyl (C=O) groups excluding carboxylic acids is 1. The molecule has 5 heteroatoms. The highest BCUT2D eigenvalue weighted by Gasteiger charge is 2.17. The largest absolute Gasteiger partial charge is 0.339 e. The molecule has 1 amide bonds. The molecule has 0 bridgehead atoms. The van der Waals surface area contributed by atoms with Gasteiger partial charge in [0.2, 0.25) is 5.91 Å². The predicted molar refractivity (Wildman–Crippen MR) is 89.6 cm³/mol. The molecule has 1 aromatic rings. The second-order valence-corrected chi connectivity index (χ2v) is 6.51. The number of hydrogen-bond donors (Lipinski definition) is 1. The quantitative estimate of drug-likeness (QED) is 0.770. The molecule has 0 spiro atoms. The number of nitrogens with zero attached hydrogens (tertiary/aromatic N) is 2. The van der Waals surface area contributed by atoms with Crippen LogP contribution in [0.5, 0.6) is 0 Å². The number of benzene rings is 1. The Bertz CT molecular complexity index is 421. The summed E-state index contributed by atoms with van der Waals surface area (Å²) in [5, 5.41) is 3.27. The van der Waals surface area contributed by atoms with Crippen molar-refractivity contribution in [1.29, 1.82) is 0 Å². The highest BCUT2D eigenvalue weighted by Crippen LogP contribution is 2.11. The third kappa shape index (κ3) is 6.08. The topological polar surface area (TPSA) is 35.6 Å². The lowest BCUT2D eigenvalue weighted by Crippen LogP contribution is -2.49. The summed E-state index contributed by atoms with van der Waals surface area (Å²) in [6.45, 7) is 5.01. The second-order valence-electron chi connectivity index (χ2n) is 5.41. The van der Waals surface area contributed by atoms with Crippen LogP contribution in [0.2, 0.25) is 0 Å². The van der Waals surface area contributed by atoms with E-state index >= 15 is 0 Å². The van der Waals surface area contributed by atoms with Crippen LogP contribution < -0.4 is 5.32 Å². The zero-order valence-corrected chi connectivity index (χ0v) is 13.6. The van der Waals surface area contributed by atoms with Crippen LogP contribution >= 0.6 is 11.8 Å². The minimum absolute atomic E-state index is 0.257. The van der Waals surface area contributed by atoms with Gasteiger partial charge in [0.1, 0.15) is 0 Å². The summed E-state index contributed by atoms with van der Waals surface area (Å²) in [4.78, 5) is 16.2. The minimum atomic E-state index is 0.257. The van der Waals surface area contributed by atoms with Gasteiger partial charge in [0, 0.05) is 44.2 Å². The molecule has 0 unspecified atom stereocenters. The first-order valence-corrected chi connectivity index (χ1v) is 8.70. The van der Waals surface area contributed by atoms with Crippen molar-refractivity contribution < 1.29 is 4.79 Å². The van der Waals surface area contributed by atoms with Crippen LogP contribution in [-0.4, -0.2) is 67.8 Å². The number of rotatable bonds is 7. The van der Waals surface area contributed by atoms with Gasteiger partial charge in [-0.05, 0) is 12.6 Å². The number of carbonyl (C=O) groups is 1. The number of amides is 1. The van der Waals surface area contributed by atoms with E-state index in [0.29, 0.717) is 6.54 Å². The number of thioether (sulfide) groups is 1. The molecule has 4 nitrogen and oxygen atoms in total. The Kier molecular flexibility index (Phi) is 7.06. The van der Waals surface area contributed by atoms with Crippen molar-refractivity contribution in [3.05, 3.63) is 35.9 Å². The molecule has 1 aromatic carbocycles. The summed E-state index contributed by atoms with van der Waals surface area (Å²) in [5.41, 5.74) is 1.36. The van der Waals surface area contributed by atoms with E-state index in [4.69, 9.17) is 0 Å². The molecule has 21 heavy (non-hydrogen) atoms. The normalized spacial score (nSPS) is 15.4. The van der Waals surface area contributed by atoms with Crippen molar-refractivity contribution in [3.8, 4) is 0 Å². The number of piperazine rings is 1. The van der Waals surface area contributed by atoms with Crippen LogP contribution in [0.1, 0.15) is 5.56 Å². The molecular weight excluding hydrogens is 282 g/mol. The Labute approximate surface area is 131 Å². The molecule has 0 saturated carbocycles. The Balaban J connectivity index is 1.58. The molecular formula is C16H25N3OS. The minimum Gasteiger partial charge on any atom is -0.339 e. The van der Waals surface area contributed by atoms with Gasteiger partial charge in [-0.25, -0.2) is 0 Å². The van der Waals surface area contributed by atoms with E-state index in [0.717, 1.165) is 44.2 Å². The smallest absolute Gasteiger partial charge is 0.236 e. The van der Waals surface area contributed by atoms with Crippen molar-refractivity contribution in [2.24, 2.45) is 0 Å². The highest BCUT2D eigenvalue weighted by molar-refractivity contribution is 7.98. The lowest BCUT2D eigenvalue weighted by Gasteiger charge is -2.29. The van der Waals surface area contributed by atoms with Crippen molar-refractivity contribution in [3.63, 3.8) is 0 Å². The Morgan fingerprint density at radius 3 is 2.71 bits per heavy atom. The van der Waals surface area contributed by atoms with Gasteiger partial charge in [-0.3, -0.25) is 9.69 Å². The Morgan fingerprint density at radius 1 is 1.29 bits per heavy atom. The predicted octanol–water partition coefficient (Wildman–Crippen LogP) is 1.28. The van der Waals surface area contributed by atoms with Crippen molar-refractivity contribution >= 4 is 17.7 Å². The van der Waals surface area contributed by atoms with Crippen molar-refractivity contribution in [2.75, 3.05) is 52.1 Å². The van der Waals surface area contributed by atoms with Crippen LogP contribution in [-0.2, 0) is 10.5 Å². The van der Waals surface area contributed by atoms with Gasteiger partial charge >= 0.3 is 0 Å². The van der Waals surface area contributed by atoms with Crippen LogP contribution in [0.25, 0.3) is 0 Å². The average molecular weight is 307 g/mol. The molecule has 1 saturated heterocycles. The van der Waals surface area contributed by atoms with Crippen LogP contribution in [0.15, 0.2) is 30.3 Å². The molecule has 0 aliphatic carbocycles. The fraction of sp³-hybridized carbons (Fsp3) is 0.562. The van der Waals surface area contributed by atoms with Crippen LogP contribution in [0, 0.1) is 0 Å². The fourth-order valence-electron chi connectivity index (χ4n) is 2.31. The average Bonchev–Trinajstić information content (AvgIpc) is 2.53. The standard InChI is InChI=1S/C16H25N3OS/c1-18(13-16(20)19-9-7-17-8-10-19)11-12-21-14-15-5-3-2-4-6-15/h2-6,17H,7-14H2,1H3. The van der Waals surface area contributed by atoms with Gasteiger partial charge in [-0.1, -0.05) is 30.3 Å². The molecule has 0 radical (unpaired) electrons. The fourth-order valence-corrected chi connectivity index (χ4v) is 3.32. The molecule has 0 aromatic heterocycles.